The van der Waals surface area contributed by atoms with Crippen LogP contribution in [0.2, 0.25) is 0 Å². The summed E-state index contributed by atoms with van der Waals surface area (Å²) < 4.78 is 3.70. The first kappa shape index (κ1) is 16.7. The number of nitrogens with zero attached hydrogens (tertiary/aromatic N) is 4. The Kier molecular flexibility index (Phi) is 5.26. The largest absolute Gasteiger partial charge is 0.382 e. The van der Waals surface area contributed by atoms with Crippen molar-refractivity contribution in [3.05, 3.63) is 40.5 Å². The van der Waals surface area contributed by atoms with E-state index in [-0.39, 0.29) is 16.9 Å². The Morgan fingerprint density at radius 2 is 2.38 bits per heavy atom. The summed E-state index contributed by atoms with van der Waals surface area (Å²) in [6.45, 7) is 2.67. The topological polar surface area (TPSA) is 78.7 Å². The summed E-state index contributed by atoms with van der Waals surface area (Å²) in [5, 5.41) is 0.149. The lowest BCUT2D eigenvalue weighted by Crippen LogP contribution is -2.26. The van der Waals surface area contributed by atoms with Gasteiger partial charge in [-0.3, -0.25) is 4.57 Å². The molecule has 0 aromatic carbocycles. The Bertz CT molecular complexity index is 823. The first-order valence-electron chi connectivity index (χ1n) is 8.18. The highest BCUT2D eigenvalue weighted by atomic mass is 32.2. The maximum atomic E-state index is 12.1. The van der Waals surface area contributed by atoms with Crippen LogP contribution in [0.15, 0.2) is 23.4 Å². The van der Waals surface area contributed by atoms with Crippen LogP contribution in [-0.4, -0.2) is 24.9 Å². The molecule has 0 saturated carbocycles. The zero-order valence-electron chi connectivity index (χ0n) is 13.7. The predicted octanol–water partition coefficient (Wildman–Crippen LogP) is 2.05. The molecule has 1 fully saturated rings. The lowest BCUT2D eigenvalue weighted by molar-refractivity contribution is 0.608. The molecule has 0 aliphatic carbocycles. The van der Waals surface area contributed by atoms with Crippen molar-refractivity contribution in [1.29, 1.82) is 0 Å². The zero-order chi connectivity index (χ0) is 16.9. The van der Waals surface area contributed by atoms with Crippen LogP contribution in [-0.2, 0) is 13.0 Å². The van der Waals surface area contributed by atoms with Gasteiger partial charge in [-0.25, -0.2) is 9.78 Å². The predicted molar refractivity (Wildman–Crippen MR) is 96.7 cm³/mol. The fraction of sp³-hybridized carbons (Fsp3) is 0.471. The van der Waals surface area contributed by atoms with E-state index in [0.29, 0.717) is 12.1 Å². The van der Waals surface area contributed by atoms with Gasteiger partial charge < -0.3 is 10.3 Å². The van der Waals surface area contributed by atoms with Crippen LogP contribution in [0.5, 0.6) is 0 Å². The molecule has 6 nitrogen and oxygen atoms in total. The van der Waals surface area contributed by atoms with E-state index in [1.54, 1.807) is 28.7 Å². The highest BCUT2D eigenvalue weighted by Gasteiger charge is 2.19. The Balaban J connectivity index is 1.81. The summed E-state index contributed by atoms with van der Waals surface area (Å²) in [7, 11) is 0. The van der Waals surface area contributed by atoms with E-state index in [9.17, 15) is 4.79 Å². The number of nitrogen functional groups attached to an aromatic ring is 1. The van der Waals surface area contributed by atoms with Gasteiger partial charge in [-0.15, -0.1) is 11.8 Å². The Hall–Kier alpha value is -2.20. The van der Waals surface area contributed by atoms with Crippen molar-refractivity contribution in [1.82, 2.24) is 19.1 Å². The highest BCUT2D eigenvalue weighted by molar-refractivity contribution is 7.99. The maximum absolute atomic E-state index is 12.1. The molecule has 2 aromatic heterocycles. The Morgan fingerprint density at radius 3 is 3.12 bits per heavy atom. The minimum atomic E-state index is -0.294. The molecule has 1 atom stereocenters. The van der Waals surface area contributed by atoms with Gasteiger partial charge in [0.05, 0.1) is 17.5 Å². The second kappa shape index (κ2) is 7.58. The van der Waals surface area contributed by atoms with Crippen LogP contribution >= 0.6 is 11.8 Å². The average Bonchev–Trinajstić information content (AvgIpc) is 3.22. The normalized spacial score (nSPS) is 16.8. The maximum Gasteiger partial charge on any atom is 0.350 e. The van der Waals surface area contributed by atoms with Crippen molar-refractivity contribution in [2.24, 2.45) is 0 Å². The van der Waals surface area contributed by atoms with Gasteiger partial charge in [-0.2, -0.15) is 4.98 Å². The van der Waals surface area contributed by atoms with E-state index in [4.69, 9.17) is 5.73 Å². The number of hydrogen-bond acceptors (Lipinski definition) is 5. The van der Waals surface area contributed by atoms with Crippen molar-refractivity contribution in [2.75, 3.05) is 11.5 Å². The van der Waals surface area contributed by atoms with E-state index in [2.05, 4.69) is 28.7 Å². The molecule has 1 saturated heterocycles. The van der Waals surface area contributed by atoms with Crippen LogP contribution in [0, 0.1) is 11.8 Å². The van der Waals surface area contributed by atoms with Gasteiger partial charge in [0.25, 0.3) is 0 Å². The number of aromatic nitrogens is 4. The van der Waals surface area contributed by atoms with Crippen molar-refractivity contribution >= 4 is 17.6 Å². The number of nitrogens with two attached hydrogens (primary N) is 1. The fourth-order valence-electron chi connectivity index (χ4n) is 2.72. The zero-order valence-corrected chi connectivity index (χ0v) is 14.6. The molecule has 24 heavy (non-hydrogen) atoms. The summed E-state index contributed by atoms with van der Waals surface area (Å²) in [5.74, 6) is 8.47. The number of anilines is 1. The van der Waals surface area contributed by atoms with Gasteiger partial charge in [0.2, 0.25) is 0 Å². The molecular formula is C17H21N5OS. The molecule has 2 N–H and O–H groups in total. The molecule has 0 unspecified atom stereocenters. The lowest BCUT2D eigenvalue weighted by Gasteiger charge is -2.12. The standard InChI is InChI=1S/C17H21N5OS/c1-2-5-14-19-8-10-21(14)9-3-6-13-12-22(15-7-4-11-24-15)17(23)20-16(13)18/h8,10,12,15H,2,4-5,7,9,11H2,1H3,(H2,18,20,23)/t15-/m0/s1. The van der Waals surface area contributed by atoms with E-state index < -0.39 is 0 Å². The van der Waals surface area contributed by atoms with Gasteiger partial charge >= 0.3 is 5.69 Å². The van der Waals surface area contributed by atoms with Crippen molar-refractivity contribution in [3.8, 4) is 11.8 Å². The highest BCUT2D eigenvalue weighted by Crippen LogP contribution is 2.34. The molecular weight excluding hydrogens is 322 g/mol. The molecule has 126 valence electrons. The summed E-state index contributed by atoms with van der Waals surface area (Å²) in [5.41, 5.74) is 6.19. The molecule has 1 aliphatic rings. The minimum Gasteiger partial charge on any atom is -0.382 e. The number of hydrogen-bond donors (Lipinski definition) is 1. The van der Waals surface area contributed by atoms with Crippen LogP contribution in [0.1, 0.15) is 42.9 Å². The first-order chi connectivity index (χ1) is 11.7. The summed E-state index contributed by atoms with van der Waals surface area (Å²) >= 11 is 1.78. The molecule has 0 amide bonds. The molecule has 3 rings (SSSR count). The van der Waals surface area contributed by atoms with Gasteiger partial charge in [-0.1, -0.05) is 18.8 Å². The molecule has 0 bridgehead atoms. The minimum absolute atomic E-state index is 0.149. The van der Waals surface area contributed by atoms with Crippen molar-refractivity contribution in [3.63, 3.8) is 0 Å². The lowest BCUT2D eigenvalue weighted by atomic mass is 10.3. The Labute approximate surface area is 145 Å². The second-order valence-electron chi connectivity index (χ2n) is 5.72. The van der Waals surface area contributed by atoms with E-state index in [1.165, 1.54) is 0 Å². The quantitative estimate of drug-likeness (QED) is 0.860. The SMILES string of the molecule is CCCc1nccn1CC#Cc1cn([C@@H]2CCCS2)c(=O)nc1N. The van der Waals surface area contributed by atoms with Gasteiger partial charge in [0.1, 0.15) is 11.6 Å². The third-order valence-corrected chi connectivity index (χ3v) is 5.32. The monoisotopic (exact) mass is 343 g/mol. The molecule has 0 radical (unpaired) electrons. The molecule has 0 spiro atoms. The number of rotatable bonds is 4. The fourth-order valence-corrected chi connectivity index (χ4v) is 3.97. The van der Waals surface area contributed by atoms with Gasteiger partial charge in [-0.05, 0) is 25.0 Å². The number of imidazole rings is 1. The average molecular weight is 343 g/mol. The van der Waals surface area contributed by atoms with Gasteiger partial charge in [0.15, 0.2) is 0 Å². The molecule has 1 aliphatic heterocycles. The molecule has 7 heteroatoms. The van der Waals surface area contributed by atoms with Crippen LogP contribution in [0.4, 0.5) is 5.82 Å². The van der Waals surface area contributed by atoms with Crippen LogP contribution < -0.4 is 11.4 Å². The first-order valence-corrected chi connectivity index (χ1v) is 9.23. The van der Waals surface area contributed by atoms with E-state index in [1.807, 2.05) is 10.8 Å². The summed E-state index contributed by atoms with van der Waals surface area (Å²) in [6, 6.07) is 0. The van der Waals surface area contributed by atoms with Crippen molar-refractivity contribution < 1.29 is 0 Å². The summed E-state index contributed by atoms with van der Waals surface area (Å²) in [6.07, 6.45) is 9.55. The van der Waals surface area contributed by atoms with Crippen molar-refractivity contribution in [2.45, 2.75) is 44.5 Å². The van der Waals surface area contributed by atoms with Crippen LogP contribution in [0.25, 0.3) is 0 Å². The second-order valence-corrected chi connectivity index (χ2v) is 7.01. The third kappa shape index (κ3) is 3.65. The number of thioether (sulfide) groups is 1. The Morgan fingerprint density at radius 1 is 1.50 bits per heavy atom. The smallest absolute Gasteiger partial charge is 0.350 e. The molecule has 2 aromatic rings. The summed E-state index contributed by atoms with van der Waals surface area (Å²) in [4.78, 5) is 20.3. The van der Waals surface area contributed by atoms with Gasteiger partial charge in [0, 0.05) is 25.0 Å². The third-order valence-electron chi connectivity index (χ3n) is 3.94. The van der Waals surface area contributed by atoms with E-state index in [0.717, 1.165) is 37.3 Å². The number of aryl methyl sites for hydroxylation is 1. The van der Waals surface area contributed by atoms with E-state index >= 15 is 0 Å². The van der Waals surface area contributed by atoms with Crippen LogP contribution in [0.3, 0.4) is 0 Å². The molecule has 3 heterocycles.